The van der Waals surface area contributed by atoms with Crippen molar-refractivity contribution < 1.29 is 28.6 Å². The number of amidine groups is 1. The lowest BCUT2D eigenvalue weighted by Gasteiger charge is -2.38. The van der Waals surface area contributed by atoms with Crippen molar-refractivity contribution in [3.8, 4) is 5.88 Å². The van der Waals surface area contributed by atoms with Crippen LogP contribution < -0.4 is 4.74 Å². The SMILES string of the molecule is CC(=O)c1ccc(F)c(COc2cccc(C3CCN(CC4=NC5C=CC(C(=O)O)=CC5N4CC4CCO4)CC3)n2)c1. The number of piperidine rings is 1. The van der Waals surface area contributed by atoms with Gasteiger partial charge in [0.1, 0.15) is 18.3 Å². The number of likely N-dealkylation sites (tertiary alicyclic amines) is 1. The molecule has 3 aliphatic heterocycles. The Bertz CT molecular complexity index is 1440. The van der Waals surface area contributed by atoms with E-state index in [0.29, 0.717) is 35.7 Å². The Balaban J connectivity index is 1.06. The summed E-state index contributed by atoms with van der Waals surface area (Å²) in [5.41, 5.74) is 2.03. The Kier molecular flexibility index (Phi) is 8.17. The Morgan fingerprint density at radius 1 is 1.17 bits per heavy atom. The van der Waals surface area contributed by atoms with Gasteiger partial charge in [-0.3, -0.25) is 14.7 Å². The van der Waals surface area contributed by atoms with Gasteiger partial charge in [-0.2, -0.15) is 0 Å². The van der Waals surface area contributed by atoms with Gasteiger partial charge in [-0.1, -0.05) is 12.1 Å². The molecule has 42 heavy (non-hydrogen) atoms. The first-order chi connectivity index (χ1) is 20.3. The molecular weight excluding hydrogens is 539 g/mol. The van der Waals surface area contributed by atoms with Crippen molar-refractivity contribution in [1.29, 1.82) is 0 Å². The molecule has 10 heteroatoms. The predicted octanol–water partition coefficient (Wildman–Crippen LogP) is 4.00. The molecule has 2 saturated heterocycles. The molecule has 4 aliphatic rings. The number of pyridine rings is 1. The molecule has 1 aliphatic carbocycles. The van der Waals surface area contributed by atoms with Crippen LogP contribution in [0, 0.1) is 5.82 Å². The number of aromatic nitrogens is 1. The lowest BCUT2D eigenvalue weighted by atomic mass is 9.93. The fourth-order valence-electron chi connectivity index (χ4n) is 6.00. The minimum Gasteiger partial charge on any atom is -0.478 e. The minimum atomic E-state index is -0.919. The summed E-state index contributed by atoms with van der Waals surface area (Å²) in [6.45, 7) is 5.40. The van der Waals surface area contributed by atoms with Gasteiger partial charge in [-0.05, 0) is 75.7 Å². The van der Waals surface area contributed by atoms with Crippen molar-refractivity contribution in [2.24, 2.45) is 4.99 Å². The van der Waals surface area contributed by atoms with Crippen molar-refractivity contribution in [2.75, 3.05) is 32.8 Å². The van der Waals surface area contributed by atoms with Crippen molar-refractivity contribution in [3.63, 3.8) is 0 Å². The molecular formula is C32H35FN4O5. The number of carboxylic acid groups (broad SMARTS) is 1. The molecule has 9 nitrogen and oxygen atoms in total. The second kappa shape index (κ2) is 12.1. The second-order valence-electron chi connectivity index (χ2n) is 11.3. The molecule has 0 bridgehead atoms. The van der Waals surface area contributed by atoms with Crippen molar-refractivity contribution >= 4 is 17.6 Å². The van der Waals surface area contributed by atoms with Gasteiger partial charge in [-0.25, -0.2) is 14.2 Å². The van der Waals surface area contributed by atoms with Gasteiger partial charge >= 0.3 is 5.97 Å². The highest BCUT2D eigenvalue weighted by Crippen LogP contribution is 2.31. The summed E-state index contributed by atoms with van der Waals surface area (Å²) in [5, 5.41) is 9.52. The van der Waals surface area contributed by atoms with E-state index in [-0.39, 0.29) is 36.5 Å². The first-order valence-corrected chi connectivity index (χ1v) is 14.5. The number of nitrogens with zero attached hydrogens (tertiary/aromatic N) is 4. The Labute approximate surface area is 244 Å². The fourth-order valence-corrected chi connectivity index (χ4v) is 6.00. The third-order valence-corrected chi connectivity index (χ3v) is 8.55. The van der Waals surface area contributed by atoms with Crippen LogP contribution in [0.1, 0.15) is 53.7 Å². The van der Waals surface area contributed by atoms with Crippen LogP contribution in [-0.2, 0) is 16.1 Å². The molecule has 0 amide bonds. The molecule has 2 fully saturated rings. The van der Waals surface area contributed by atoms with Gasteiger partial charge in [-0.15, -0.1) is 0 Å². The van der Waals surface area contributed by atoms with Gasteiger partial charge in [0.15, 0.2) is 5.78 Å². The Morgan fingerprint density at radius 2 is 1.98 bits per heavy atom. The zero-order valence-corrected chi connectivity index (χ0v) is 23.6. The number of aliphatic imine (C=N–C) groups is 1. The molecule has 1 N–H and O–H groups in total. The number of halogens is 1. The molecule has 220 valence electrons. The monoisotopic (exact) mass is 574 g/mol. The number of carboxylic acids is 1. The van der Waals surface area contributed by atoms with E-state index < -0.39 is 11.8 Å². The number of carbonyl (C=O) groups excluding carboxylic acids is 1. The number of rotatable bonds is 10. The average Bonchev–Trinajstić information content (AvgIpc) is 3.30. The molecule has 0 radical (unpaired) electrons. The Hall–Kier alpha value is -3.89. The molecule has 3 unspecified atom stereocenters. The Morgan fingerprint density at radius 3 is 2.69 bits per heavy atom. The van der Waals surface area contributed by atoms with Crippen LogP contribution in [0.25, 0.3) is 0 Å². The average molecular weight is 575 g/mol. The van der Waals surface area contributed by atoms with Crippen LogP contribution in [0.15, 0.2) is 65.2 Å². The predicted molar refractivity (Wildman–Crippen MR) is 154 cm³/mol. The summed E-state index contributed by atoms with van der Waals surface area (Å²) in [6.07, 6.45) is 8.40. The molecule has 0 spiro atoms. The van der Waals surface area contributed by atoms with E-state index >= 15 is 0 Å². The smallest absolute Gasteiger partial charge is 0.335 e. The molecule has 2 aromatic rings. The number of benzene rings is 1. The molecule has 0 saturated carbocycles. The fraction of sp³-hybridized carbons (Fsp3) is 0.438. The number of ether oxygens (including phenoxy) is 2. The number of carbonyl (C=O) groups is 2. The molecule has 6 rings (SSSR count). The molecule has 3 atom stereocenters. The van der Waals surface area contributed by atoms with Crippen molar-refractivity contribution in [1.82, 2.24) is 14.8 Å². The summed E-state index contributed by atoms with van der Waals surface area (Å²) >= 11 is 0. The second-order valence-corrected chi connectivity index (χ2v) is 11.3. The van der Waals surface area contributed by atoms with Gasteiger partial charge in [0.25, 0.3) is 0 Å². The van der Waals surface area contributed by atoms with E-state index in [1.165, 1.54) is 25.1 Å². The maximum atomic E-state index is 14.3. The third kappa shape index (κ3) is 6.15. The summed E-state index contributed by atoms with van der Waals surface area (Å²) in [7, 11) is 0. The lowest BCUT2D eigenvalue weighted by Crippen LogP contribution is -2.50. The maximum Gasteiger partial charge on any atom is 0.335 e. The summed E-state index contributed by atoms with van der Waals surface area (Å²) in [6, 6.07) is 9.81. The maximum absolute atomic E-state index is 14.3. The number of hydrogen-bond donors (Lipinski definition) is 1. The summed E-state index contributed by atoms with van der Waals surface area (Å²) < 4.78 is 25.8. The summed E-state index contributed by atoms with van der Waals surface area (Å²) in [5.74, 6) is 0.240. The normalized spacial score (nSPS) is 24.0. The zero-order valence-electron chi connectivity index (χ0n) is 23.6. The largest absolute Gasteiger partial charge is 0.478 e. The first kappa shape index (κ1) is 28.2. The van der Waals surface area contributed by atoms with Crippen molar-refractivity contribution in [2.45, 2.75) is 56.9 Å². The lowest BCUT2D eigenvalue weighted by molar-refractivity contribution is -0.132. The van der Waals surface area contributed by atoms with Crippen molar-refractivity contribution in [3.05, 3.63) is 82.8 Å². The topological polar surface area (TPSA) is 105 Å². The van der Waals surface area contributed by atoms with E-state index in [2.05, 4.69) is 9.80 Å². The van der Waals surface area contributed by atoms with Gasteiger partial charge in [0.05, 0.1) is 30.3 Å². The van der Waals surface area contributed by atoms with Crippen LogP contribution in [0.3, 0.4) is 0 Å². The van der Waals surface area contributed by atoms with E-state index in [1.807, 2.05) is 24.3 Å². The van der Waals surface area contributed by atoms with Crippen LogP contribution >= 0.6 is 0 Å². The minimum absolute atomic E-state index is 0.00726. The van der Waals surface area contributed by atoms with Crippen LogP contribution in [0.5, 0.6) is 5.88 Å². The standard InChI is InChI=1S/C32H35FN4O5/c1-20(38)22-5-7-26(33)24(15-22)19-42-31-4-2-3-27(35-31)21-9-12-36(13-10-21)18-30-34-28-8-6-23(32(39)40)16-29(28)37(30)17-25-11-14-41-25/h2-8,15-16,21,25,28-29H,9-14,17-19H2,1H3,(H,39,40). The first-order valence-electron chi connectivity index (χ1n) is 14.5. The van der Waals surface area contributed by atoms with E-state index in [4.69, 9.17) is 19.5 Å². The highest BCUT2D eigenvalue weighted by atomic mass is 19.1. The number of Topliss-reactive ketones (excluding diaryl/α,β-unsaturated/α-hetero) is 1. The van der Waals surface area contributed by atoms with Gasteiger partial charge in [0.2, 0.25) is 5.88 Å². The van der Waals surface area contributed by atoms with Gasteiger partial charge in [0, 0.05) is 42.0 Å². The third-order valence-electron chi connectivity index (χ3n) is 8.55. The van der Waals surface area contributed by atoms with E-state index in [9.17, 15) is 19.1 Å². The van der Waals surface area contributed by atoms with Crippen LogP contribution in [-0.4, -0.2) is 88.5 Å². The molecule has 1 aromatic heterocycles. The quantitative estimate of drug-likeness (QED) is 0.425. The van der Waals surface area contributed by atoms with E-state index in [0.717, 1.165) is 50.5 Å². The highest BCUT2D eigenvalue weighted by molar-refractivity contribution is 5.94. The molecule has 1 aromatic carbocycles. The number of fused-ring (bicyclic) bond motifs is 1. The number of ketones is 1. The summed E-state index contributed by atoms with van der Waals surface area (Å²) in [4.78, 5) is 37.6. The zero-order chi connectivity index (χ0) is 29.2. The molecule has 4 heterocycles. The highest BCUT2D eigenvalue weighted by Gasteiger charge is 2.39. The number of aliphatic carboxylic acids is 1. The van der Waals surface area contributed by atoms with Crippen LogP contribution in [0.4, 0.5) is 4.39 Å². The van der Waals surface area contributed by atoms with E-state index in [1.54, 1.807) is 12.1 Å². The van der Waals surface area contributed by atoms with Crippen LogP contribution in [0.2, 0.25) is 0 Å². The number of hydrogen-bond acceptors (Lipinski definition) is 8. The van der Waals surface area contributed by atoms with Gasteiger partial charge < -0.3 is 19.5 Å².